The zero-order chi connectivity index (χ0) is 8.55. The highest BCUT2D eigenvalue weighted by molar-refractivity contribution is 5.23. The predicted octanol–water partition coefficient (Wildman–Crippen LogP) is 0.607. The minimum Gasteiger partial charge on any atom is -0.285 e. The molecule has 0 fully saturated rings. The van der Waals surface area contributed by atoms with Crippen LogP contribution in [0.4, 0.5) is 0 Å². The lowest BCUT2D eigenvalue weighted by Crippen LogP contribution is -2.00. The van der Waals surface area contributed by atoms with Gasteiger partial charge in [0.25, 0.3) is 5.95 Å². The quantitative estimate of drug-likeness (QED) is 0.670. The molecule has 2 aromatic heterocycles. The molecule has 0 amide bonds. The highest BCUT2D eigenvalue weighted by Crippen LogP contribution is 2.10. The lowest BCUT2D eigenvalue weighted by molar-refractivity contribution is 0.878. The second-order valence-electron chi connectivity index (χ2n) is 2.66. The number of aryl methyl sites for hydroxylation is 2. The van der Waals surface area contributed by atoms with Crippen molar-refractivity contribution in [3.05, 3.63) is 23.5 Å². The van der Waals surface area contributed by atoms with Gasteiger partial charge in [-0.1, -0.05) is 5.10 Å². The van der Waals surface area contributed by atoms with E-state index in [0.29, 0.717) is 5.95 Å². The van der Waals surface area contributed by atoms with Crippen LogP contribution in [0, 0.1) is 13.8 Å². The van der Waals surface area contributed by atoms with E-state index in [1.807, 2.05) is 30.5 Å². The molecular formula is C7H9N5. The van der Waals surface area contributed by atoms with E-state index >= 15 is 0 Å². The fourth-order valence-corrected chi connectivity index (χ4v) is 1.24. The van der Waals surface area contributed by atoms with Gasteiger partial charge in [0, 0.05) is 11.4 Å². The SMILES string of the molecule is Cc1ccc(C)n1-c1nn[nH]n1. The summed E-state index contributed by atoms with van der Waals surface area (Å²) >= 11 is 0. The van der Waals surface area contributed by atoms with Crippen molar-refractivity contribution in [2.24, 2.45) is 0 Å². The predicted molar refractivity (Wildman–Crippen MR) is 43.0 cm³/mol. The summed E-state index contributed by atoms with van der Waals surface area (Å²) in [6, 6.07) is 4.04. The molecule has 0 aliphatic rings. The fraction of sp³-hybridized carbons (Fsp3) is 0.286. The van der Waals surface area contributed by atoms with E-state index in [4.69, 9.17) is 0 Å². The van der Waals surface area contributed by atoms with Crippen LogP contribution in [-0.2, 0) is 0 Å². The van der Waals surface area contributed by atoms with E-state index in [0.717, 1.165) is 11.4 Å². The van der Waals surface area contributed by atoms with Crippen LogP contribution >= 0.6 is 0 Å². The first-order valence-electron chi connectivity index (χ1n) is 3.68. The number of tetrazole rings is 1. The molecule has 62 valence electrons. The number of rotatable bonds is 1. The maximum atomic E-state index is 3.90. The van der Waals surface area contributed by atoms with Gasteiger partial charge in [-0.3, -0.25) is 4.57 Å². The molecular weight excluding hydrogens is 154 g/mol. The summed E-state index contributed by atoms with van der Waals surface area (Å²) in [4.78, 5) is 0. The van der Waals surface area contributed by atoms with Gasteiger partial charge in [0.2, 0.25) is 0 Å². The fourth-order valence-electron chi connectivity index (χ4n) is 1.24. The first-order valence-corrected chi connectivity index (χ1v) is 3.68. The minimum absolute atomic E-state index is 0.593. The van der Waals surface area contributed by atoms with Crippen LogP contribution < -0.4 is 0 Å². The lowest BCUT2D eigenvalue weighted by atomic mass is 10.5. The van der Waals surface area contributed by atoms with Crippen molar-refractivity contribution in [2.45, 2.75) is 13.8 Å². The molecule has 0 radical (unpaired) electrons. The Morgan fingerprint density at radius 2 is 1.92 bits per heavy atom. The summed E-state index contributed by atoms with van der Waals surface area (Å²) in [5, 5.41) is 13.7. The van der Waals surface area contributed by atoms with Crippen molar-refractivity contribution < 1.29 is 0 Å². The molecule has 0 saturated carbocycles. The highest BCUT2D eigenvalue weighted by atomic mass is 15.5. The summed E-state index contributed by atoms with van der Waals surface area (Å²) in [6.07, 6.45) is 0. The third-order valence-electron chi connectivity index (χ3n) is 1.81. The molecule has 0 bridgehead atoms. The van der Waals surface area contributed by atoms with Gasteiger partial charge >= 0.3 is 0 Å². The van der Waals surface area contributed by atoms with E-state index < -0.39 is 0 Å². The Hall–Kier alpha value is -1.65. The minimum atomic E-state index is 0.593. The molecule has 2 heterocycles. The number of nitrogens with one attached hydrogen (secondary N) is 1. The Morgan fingerprint density at radius 1 is 1.25 bits per heavy atom. The van der Waals surface area contributed by atoms with Gasteiger partial charge in [-0.2, -0.15) is 5.21 Å². The first-order chi connectivity index (χ1) is 5.79. The zero-order valence-electron chi connectivity index (χ0n) is 6.94. The lowest BCUT2D eigenvalue weighted by Gasteiger charge is -2.00. The van der Waals surface area contributed by atoms with Gasteiger partial charge in [-0.15, -0.1) is 5.10 Å². The third kappa shape index (κ3) is 0.903. The summed E-state index contributed by atoms with van der Waals surface area (Å²) in [5.74, 6) is 0.593. The van der Waals surface area contributed by atoms with Crippen LogP contribution in [0.1, 0.15) is 11.4 Å². The normalized spacial score (nSPS) is 10.5. The molecule has 0 aliphatic heterocycles. The summed E-state index contributed by atoms with van der Waals surface area (Å²) < 4.78 is 1.93. The summed E-state index contributed by atoms with van der Waals surface area (Å²) in [5.41, 5.74) is 2.21. The summed E-state index contributed by atoms with van der Waals surface area (Å²) in [7, 11) is 0. The number of nitrogens with zero attached hydrogens (tertiary/aromatic N) is 4. The molecule has 0 aliphatic carbocycles. The van der Waals surface area contributed by atoms with Crippen LogP contribution in [0.3, 0.4) is 0 Å². The van der Waals surface area contributed by atoms with Gasteiger partial charge in [-0.05, 0) is 31.2 Å². The maximum absolute atomic E-state index is 3.90. The number of H-pyrrole nitrogens is 1. The molecule has 12 heavy (non-hydrogen) atoms. The van der Waals surface area contributed by atoms with E-state index in [1.54, 1.807) is 0 Å². The van der Waals surface area contributed by atoms with E-state index in [2.05, 4.69) is 20.6 Å². The van der Waals surface area contributed by atoms with Gasteiger partial charge < -0.3 is 0 Å². The highest BCUT2D eigenvalue weighted by Gasteiger charge is 2.06. The van der Waals surface area contributed by atoms with Crippen molar-refractivity contribution >= 4 is 0 Å². The van der Waals surface area contributed by atoms with Crippen molar-refractivity contribution in [2.75, 3.05) is 0 Å². The second kappa shape index (κ2) is 2.44. The van der Waals surface area contributed by atoms with Crippen molar-refractivity contribution in [3.63, 3.8) is 0 Å². The number of hydrogen-bond acceptors (Lipinski definition) is 3. The van der Waals surface area contributed by atoms with Crippen LogP contribution in [-0.4, -0.2) is 25.2 Å². The van der Waals surface area contributed by atoms with Crippen LogP contribution in [0.15, 0.2) is 12.1 Å². The Balaban J connectivity index is 2.60. The van der Waals surface area contributed by atoms with Crippen LogP contribution in [0.25, 0.3) is 5.95 Å². The Bertz CT molecular complexity index is 353. The smallest absolute Gasteiger partial charge is 0.274 e. The molecule has 5 nitrogen and oxygen atoms in total. The molecule has 0 atom stereocenters. The third-order valence-corrected chi connectivity index (χ3v) is 1.81. The number of aromatic amines is 1. The molecule has 0 unspecified atom stereocenters. The van der Waals surface area contributed by atoms with E-state index in [-0.39, 0.29) is 0 Å². The first kappa shape index (κ1) is 7.02. The standard InChI is InChI=1S/C7H9N5/c1-5-3-4-6(2)12(5)7-8-10-11-9-7/h3-4H,1-2H3,(H,8,9,10,11). The average Bonchev–Trinajstić information content (AvgIpc) is 2.61. The maximum Gasteiger partial charge on any atom is 0.274 e. The molecule has 2 rings (SSSR count). The topological polar surface area (TPSA) is 59.4 Å². The molecule has 5 heteroatoms. The van der Waals surface area contributed by atoms with Gasteiger partial charge in [-0.25, -0.2) is 0 Å². The van der Waals surface area contributed by atoms with E-state index in [1.165, 1.54) is 0 Å². The van der Waals surface area contributed by atoms with Crippen molar-refractivity contribution in [3.8, 4) is 5.95 Å². The molecule has 0 aromatic carbocycles. The molecule has 0 spiro atoms. The second-order valence-corrected chi connectivity index (χ2v) is 2.66. The molecule has 1 N–H and O–H groups in total. The number of aromatic nitrogens is 5. The van der Waals surface area contributed by atoms with Gasteiger partial charge in [0.1, 0.15) is 0 Å². The number of hydrogen-bond donors (Lipinski definition) is 1. The zero-order valence-corrected chi connectivity index (χ0v) is 6.94. The Morgan fingerprint density at radius 3 is 2.42 bits per heavy atom. The molecule has 0 saturated heterocycles. The van der Waals surface area contributed by atoms with Gasteiger partial charge in [0.05, 0.1) is 0 Å². The molecule has 2 aromatic rings. The van der Waals surface area contributed by atoms with Crippen LogP contribution in [0.2, 0.25) is 0 Å². The Labute approximate surface area is 69.4 Å². The summed E-state index contributed by atoms with van der Waals surface area (Å²) in [6.45, 7) is 4.01. The monoisotopic (exact) mass is 163 g/mol. The van der Waals surface area contributed by atoms with E-state index in [9.17, 15) is 0 Å². The van der Waals surface area contributed by atoms with Crippen LogP contribution in [0.5, 0.6) is 0 Å². The largest absolute Gasteiger partial charge is 0.285 e. The van der Waals surface area contributed by atoms with Gasteiger partial charge in [0.15, 0.2) is 0 Å². The Kier molecular flexibility index (Phi) is 1.43. The van der Waals surface area contributed by atoms with Crippen molar-refractivity contribution in [1.29, 1.82) is 0 Å². The van der Waals surface area contributed by atoms with Crippen molar-refractivity contribution in [1.82, 2.24) is 25.2 Å². The average molecular weight is 163 g/mol.